The minimum absolute atomic E-state index is 0.0148. The van der Waals surface area contributed by atoms with E-state index in [4.69, 9.17) is 9.72 Å². The van der Waals surface area contributed by atoms with E-state index in [1.54, 1.807) is 18.4 Å². The van der Waals surface area contributed by atoms with Gasteiger partial charge in [0.25, 0.3) is 0 Å². The van der Waals surface area contributed by atoms with Crippen LogP contribution in [0.15, 0.2) is 47.8 Å². The molecule has 1 unspecified atom stereocenters. The number of ether oxygens (including phenoxy) is 1. The summed E-state index contributed by atoms with van der Waals surface area (Å²) in [6, 6.07) is 14.0. The molecule has 3 aromatic rings. The van der Waals surface area contributed by atoms with E-state index in [9.17, 15) is 4.79 Å². The average Bonchev–Trinajstić information content (AvgIpc) is 3.17. The van der Waals surface area contributed by atoms with Gasteiger partial charge in [0.2, 0.25) is 11.8 Å². The van der Waals surface area contributed by atoms with Gasteiger partial charge in [0.15, 0.2) is 5.82 Å². The van der Waals surface area contributed by atoms with E-state index in [0.29, 0.717) is 18.2 Å². The Labute approximate surface area is 168 Å². The average molecular weight is 394 g/mol. The highest BCUT2D eigenvalue weighted by molar-refractivity contribution is 7.09. The van der Waals surface area contributed by atoms with Crippen LogP contribution in [0.4, 0.5) is 0 Å². The smallest absolute Gasteiger partial charge is 0.223 e. The highest BCUT2D eigenvalue weighted by Crippen LogP contribution is 2.31. The SMILES string of the molecule is COc1nc(-c2ccccc2)nc2c1CCC(C(=O)NCc1cccs1)CC2. The van der Waals surface area contributed by atoms with Crippen LogP contribution >= 0.6 is 11.3 Å². The van der Waals surface area contributed by atoms with Gasteiger partial charge in [0, 0.05) is 21.9 Å². The molecule has 0 spiro atoms. The van der Waals surface area contributed by atoms with Gasteiger partial charge in [-0.05, 0) is 37.1 Å². The maximum absolute atomic E-state index is 12.7. The molecule has 1 aliphatic carbocycles. The summed E-state index contributed by atoms with van der Waals surface area (Å²) in [7, 11) is 1.65. The second-order valence-corrected chi connectivity index (χ2v) is 7.95. The summed E-state index contributed by atoms with van der Waals surface area (Å²) in [5.74, 6) is 1.41. The highest BCUT2D eigenvalue weighted by atomic mass is 32.1. The molecule has 1 amide bonds. The summed E-state index contributed by atoms with van der Waals surface area (Å²) in [5, 5.41) is 5.11. The first-order chi connectivity index (χ1) is 13.7. The predicted molar refractivity (Wildman–Crippen MR) is 110 cm³/mol. The zero-order valence-corrected chi connectivity index (χ0v) is 16.7. The van der Waals surface area contributed by atoms with Gasteiger partial charge in [0.05, 0.1) is 19.3 Å². The standard InChI is InChI=1S/C22H23N3O2S/c1-27-22-18-11-9-16(21(26)23-14-17-8-5-13-28-17)10-12-19(18)24-20(25-22)15-6-3-2-4-7-15/h2-8,13,16H,9-12,14H2,1H3,(H,23,26). The molecule has 28 heavy (non-hydrogen) atoms. The van der Waals surface area contributed by atoms with Crippen molar-refractivity contribution >= 4 is 17.2 Å². The van der Waals surface area contributed by atoms with Gasteiger partial charge in [0.1, 0.15) is 0 Å². The molecule has 0 radical (unpaired) electrons. The molecule has 0 bridgehead atoms. The Hall–Kier alpha value is -2.73. The number of aryl methyl sites for hydroxylation is 1. The van der Waals surface area contributed by atoms with Gasteiger partial charge in [-0.15, -0.1) is 11.3 Å². The normalized spacial score (nSPS) is 16.1. The van der Waals surface area contributed by atoms with Crippen LogP contribution in [0.3, 0.4) is 0 Å². The van der Waals surface area contributed by atoms with E-state index in [1.165, 1.54) is 4.88 Å². The van der Waals surface area contributed by atoms with Crippen LogP contribution in [0.5, 0.6) is 5.88 Å². The number of carbonyl (C=O) groups is 1. The Bertz CT molecular complexity index is 942. The molecule has 0 fully saturated rings. The van der Waals surface area contributed by atoms with Crippen molar-refractivity contribution in [2.45, 2.75) is 32.2 Å². The van der Waals surface area contributed by atoms with Crippen molar-refractivity contribution in [3.05, 3.63) is 64.0 Å². The molecule has 2 aromatic heterocycles. The van der Waals surface area contributed by atoms with Crippen molar-refractivity contribution in [3.8, 4) is 17.3 Å². The lowest BCUT2D eigenvalue weighted by Crippen LogP contribution is -2.30. The number of benzene rings is 1. The first-order valence-electron chi connectivity index (χ1n) is 9.54. The third-order valence-electron chi connectivity index (χ3n) is 5.14. The minimum atomic E-state index is -0.0148. The first-order valence-corrected chi connectivity index (χ1v) is 10.4. The van der Waals surface area contributed by atoms with Crippen molar-refractivity contribution in [3.63, 3.8) is 0 Å². The van der Waals surface area contributed by atoms with E-state index in [2.05, 4.69) is 10.3 Å². The van der Waals surface area contributed by atoms with Crippen LogP contribution in [0, 0.1) is 5.92 Å². The Balaban J connectivity index is 1.50. The second-order valence-electron chi connectivity index (χ2n) is 6.92. The molecule has 6 heteroatoms. The fourth-order valence-corrected chi connectivity index (χ4v) is 4.26. The number of nitrogens with zero attached hydrogens (tertiary/aromatic N) is 2. The third-order valence-corrected chi connectivity index (χ3v) is 6.02. The van der Waals surface area contributed by atoms with Crippen molar-refractivity contribution in [1.29, 1.82) is 0 Å². The second kappa shape index (κ2) is 8.52. The van der Waals surface area contributed by atoms with Gasteiger partial charge >= 0.3 is 0 Å². The van der Waals surface area contributed by atoms with Crippen molar-refractivity contribution < 1.29 is 9.53 Å². The molecule has 2 heterocycles. The monoisotopic (exact) mass is 393 g/mol. The Morgan fingerprint density at radius 3 is 2.71 bits per heavy atom. The summed E-state index contributed by atoms with van der Waals surface area (Å²) >= 11 is 1.66. The number of thiophene rings is 1. The van der Waals surface area contributed by atoms with Crippen molar-refractivity contribution in [1.82, 2.24) is 15.3 Å². The van der Waals surface area contributed by atoms with E-state index in [-0.39, 0.29) is 11.8 Å². The van der Waals surface area contributed by atoms with Crippen LogP contribution in [-0.4, -0.2) is 23.0 Å². The lowest BCUT2D eigenvalue weighted by molar-refractivity contribution is -0.125. The topological polar surface area (TPSA) is 64.1 Å². The first kappa shape index (κ1) is 18.6. The molecule has 5 nitrogen and oxygen atoms in total. The maximum Gasteiger partial charge on any atom is 0.223 e. The zero-order chi connectivity index (χ0) is 19.3. The molecule has 1 aromatic carbocycles. The van der Waals surface area contributed by atoms with E-state index in [1.807, 2.05) is 47.8 Å². The van der Waals surface area contributed by atoms with Gasteiger partial charge in [-0.2, -0.15) is 4.98 Å². The summed E-state index contributed by atoms with van der Waals surface area (Å²) in [5.41, 5.74) is 3.01. The van der Waals surface area contributed by atoms with E-state index in [0.717, 1.165) is 42.5 Å². The summed E-state index contributed by atoms with van der Waals surface area (Å²) in [6.07, 6.45) is 3.08. The number of hydrogen-bond acceptors (Lipinski definition) is 5. The summed E-state index contributed by atoms with van der Waals surface area (Å²) in [4.78, 5) is 23.3. The minimum Gasteiger partial charge on any atom is -0.481 e. The van der Waals surface area contributed by atoms with Crippen LogP contribution in [0.2, 0.25) is 0 Å². The summed E-state index contributed by atoms with van der Waals surface area (Å²) < 4.78 is 5.57. The Morgan fingerprint density at radius 2 is 1.96 bits per heavy atom. The largest absolute Gasteiger partial charge is 0.481 e. The number of methoxy groups -OCH3 is 1. The van der Waals surface area contributed by atoms with E-state index >= 15 is 0 Å². The highest BCUT2D eigenvalue weighted by Gasteiger charge is 2.26. The van der Waals surface area contributed by atoms with E-state index < -0.39 is 0 Å². The van der Waals surface area contributed by atoms with Crippen LogP contribution in [0.1, 0.15) is 29.0 Å². The van der Waals surface area contributed by atoms with Crippen molar-refractivity contribution in [2.24, 2.45) is 5.92 Å². The van der Waals surface area contributed by atoms with Gasteiger partial charge in [-0.25, -0.2) is 4.98 Å². The van der Waals surface area contributed by atoms with Crippen LogP contribution in [-0.2, 0) is 24.2 Å². The fourth-order valence-electron chi connectivity index (χ4n) is 3.62. The van der Waals surface area contributed by atoms with Gasteiger partial charge in [-0.1, -0.05) is 36.4 Å². The van der Waals surface area contributed by atoms with Gasteiger partial charge in [-0.3, -0.25) is 4.79 Å². The molecular formula is C22H23N3O2S. The lowest BCUT2D eigenvalue weighted by Gasteiger charge is -2.13. The molecule has 0 aliphatic heterocycles. The number of fused-ring (bicyclic) bond motifs is 1. The molecule has 1 N–H and O–H groups in total. The van der Waals surface area contributed by atoms with Crippen LogP contribution < -0.4 is 10.1 Å². The number of nitrogens with one attached hydrogen (secondary N) is 1. The molecule has 144 valence electrons. The number of amides is 1. The predicted octanol–water partition coefficient (Wildman–Crippen LogP) is 4.03. The van der Waals surface area contributed by atoms with Crippen LogP contribution in [0.25, 0.3) is 11.4 Å². The number of rotatable bonds is 5. The number of carbonyl (C=O) groups excluding carboxylic acids is 1. The quantitative estimate of drug-likeness (QED) is 0.665. The molecule has 0 saturated carbocycles. The fraction of sp³-hybridized carbons (Fsp3) is 0.318. The molecule has 1 aliphatic rings. The molecular weight excluding hydrogens is 370 g/mol. The summed E-state index contributed by atoms with van der Waals surface area (Å²) in [6.45, 7) is 0.598. The number of aromatic nitrogens is 2. The molecule has 0 saturated heterocycles. The van der Waals surface area contributed by atoms with Gasteiger partial charge < -0.3 is 10.1 Å². The van der Waals surface area contributed by atoms with Crippen molar-refractivity contribution in [2.75, 3.05) is 7.11 Å². The zero-order valence-electron chi connectivity index (χ0n) is 15.9. The number of hydrogen-bond donors (Lipinski definition) is 1. The maximum atomic E-state index is 12.7. The third kappa shape index (κ3) is 4.07. The lowest BCUT2D eigenvalue weighted by atomic mass is 9.99. The Morgan fingerprint density at radius 1 is 1.14 bits per heavy atom. The Kier molecular flexibility index (Phi) is 5.67. The molecule has 4 rings (SSSR count). The molecule has 1 atom stereocenters.